The Morgan fingerprint density at radius 3 is 2.25 bits per heavy atom. The molecule has 2 aromatic carbocycles. The van der Waals surface area contributed by atoms with E-state index in [4.69, 9.17) is 0 Å². The van der Waals surface area contributed by atoms with Crippen LogP contribution in [-0.4, -0.2) is 28.1 Å². The van der Waals surface area contributed by atoms with E-state index in [1.807, 2.05) is 42.5 Å². The van der Waals surface area contributed by atoms with Gasteiger partial charge in [0.1, 0.15) is 5.69 Å². The van der Waals surface area contributed by atoms with E-state index >= 15 is 0 Å². The molecule has 0 fully saturated rings. The van der Waals surface area contributed by atoms with Crippen LogP contribution in [0.4, 0.5) is 0 Å². The zero-order chi connectivity index (χ0) is 16.9. The Balaban J connectivity index is 1.70. The molecule has 120 valence electrons. The Kier molecular flexibility index (Phi) is 4.52. The number of nitrogens with zero attached hydrogens (tertiary/aromatic N) is 2. The van der Waals surface area contributed by atoms with E-state index in [2.05, 4.69) is 22.3 Å². The normalized spacial score (nSPS) is 10.4. The number of aromatic nitrogens is 2. The lowest BCUT2D eigenvalue weighted by Gasteiger charge is -2.16. The lowest BCUT2D eigenvalue weighted by atomic mass is 10.0. The molecule has 0 atom stereocenters. The van der Waals surface area contributed by atoms with E-state index < -0.39 is 0 Å². The lowest BCUT2D eigenvalue weighted by molar-refractivity contribution is 0.0778. The Bertz CT molecular complexity index is 866. The molecule has 24 heavy (non-hydrogen) atoms. The van der Waals surface area contributed by atoms with Crippen molar-refractivity contribution in [3.05, 3.63) is 88.3 Å². The topological polar surface area (TPSA) is 66.1 Å². The fraction of sp³-hybridized carbons (Fsp3) is 0.105. The number of rotatable bonds is 4. The van der Waals surface area contributed by atoms with E-state index in [1.165, 1.54) is 12.1 Å². The van der Waals surface area contributed by atoms with Gasteiger partial charge < -0.3 is 4.90 Å². The molecule has 0 aliphatic carbocycles. The smallest absolute Gasteiger partial charge is 0.274 e. The van der Waals surface area contributed by atoms with Crippen molar-refractivity contribution >= 4 is 5.91 Å². The number of benzene rings is 2. The fourth-order valence-electron chi connectivity index (χ4n) is 2.44. The van der Waals surface area contributed by atoms with Crippen LogP contribution in [0, 0.1) is 0 Å². The summed E-state index contributed by atoms with van der Waals surface area (Å²) in [5, 5.41) is 6.04. The van der Waals surface area contributed by atoms with E-state index in [9.17, 15) is 9.59 Å². The first kappa shape index (κ1) is 15.7. The number of hydrogen-bond acceptors (Lipinski definition) is 3. The summed E-state index contributed by atoms with van der Waals surface area (Å²) in [6, 6.07) is 20.9. The molecule has 0 saturated carbocycles. The second-order valence-electron chi connectivity index (χ2n) is 5.53. The molecule has 0 radical (unpaired) electrons. The molecule has 5 heteroatoms. The zero-order valence-electron chi connectivity index (χ0n) is 13.3. The highest BCUT2D eigenvalue weighted by Gasteiger charge is 2.13. The van der Waals surface area contributed by atoms with Gasteiger partial charge in [0.15, 0.2) is 0 Å². The molecule has 1 amide bonds. The van der Waals surface area contributed by atoms with Gasteiger partial charge in [-0.05, 0) is 22.8 Å². The molecule has 1 N–H and O–H groups in total. The molecule has 3 rings (SSSR count). The van der Waals surface area contributed by atoms with Crippen LogP contribution in [-0.2, 0) is 6.54 Å². The van der Waals surface area contributed by atoms with Crippen LogP contribution in [0.1, 0.15) is 16.1 Å². The Labute approximate surface area is 139 Å². The number of carbonyl (C=O) groups excluding carboxylic acids is 1. The second kappa shape index (κ2) is 6.91. The molecule has 0 aliphatic rings. The van der Waals surface area contributed by atoms with Crippen LogP contribution < -0.4 is 5.56 Å². The minimum absolute atomic E-state index is 0.220. The molecule has 5 nitrogen and oxygen atoms in total. The van der Waals surface area contributed by atoms with Crippen LogP contribution >= 0.6 is 0 Å². The van der Waals surface area contributed by atoms with Crippen molar-refractivity contribution in [3.63, 3.8) is 0 Å². The molecule has 0 unspecified atom stereocenters. The molecular formula is C19H17N3O2. The van der Waals surface area contributed by atoms with E-state index in [1.54, 1.807) is 11.9 Å². The SMILES string of the molecule is CN(Cc1ccc(-c2ccccc2)cc1)C(=O)c1ccc(=O)[nH]n1. The summed E-state index contributed by atoms with van der Waals surface area (Å²) in [6.07, 6.45) is 0. The van der Waals surface area contributed by atoms with Gasteiger partial charge in [-0.2, -0.15) is 5.10 Å². The summed E-state index contributed by atoms with van der Waals surface area (Å²) < 4.78 is 0. The summed E-state index contributed by atoms with van der Waals surface area (Å²) in [6.45, 7) is 0.467. The number of nitrogens with one attached hydrogen (secondary N) is 1. The maximum Gasteiger partial charge on any atom is 0.274 e. The standard InChI is InChI=1S/C19H17N3O2/c1-22(19(24)17-11-12-18(23)21-20-17)13-14-7-9-16(10-8-14)15-5-3-2-4-6-15/h2-12H,13H2,1H3,(H,21,23). The van der Waals surface area contributed by atoms with Crippen molar-refractivity contribution in [3.8, 4) is 11.1 Å². The molecule has 0 aliphatic heterocycles. The summed E-state index contributed by atoms with van der Waals surface area (Å²) in [4.78, 5) is 24.9. The maximum atomic E-state index is 12.3. The third-order valence-electron chi connectivity index (χ3n) is 3.73. The summed E-state index contributed by atoms with van der Waals surface area (Å²) in [5.74, 6) is -0.238. The Morgan fingerprint density at radius 2 is 1.62 bits per heavy atom. The van der Waals surface area contributed by atoms with Gasteiger partial charge in [0.05, 0.1) is 0 Å². The average Bonchev–Trinajstić information content (AvgIpc) is 2.63. The number of aromatic amines is 1. The molecule has 1 aromatic heterocycles. The van der Waals surface area contributed by atoms with Gasteiger partial charge in [0.2, 0.25) is 0 Å². The van der Waals surface area contributed by atoms with Crippen LogP contribution in [0.3, 0.4) is 0 Å². The highest BCUT2D eigenvalue weighted by atomic mass is 16.2. The molecule has 3 aromatic rings. The van der Waals surface area contributed by atoms with Crippen molar-refractivity contribution < 1.29 is 4.79 Å². The highest BCUT2D eigenvalue weighted by Crippen LogP contribution is 2.19. The van der Waals surface area contributed by atoms with Crippen molar-refractivity contribution in [1.29, 1.82) is 0 Å². The van der Waals surface area contributed by atoms with E-state index in [0.717, 1.165) is 16.7 Å². The second-order valence-corrected chi connectivity index (χ2v) is 5.53. The van der Waals surface area contributed by atoms with Crippen LogP contribution in [0.25, 0.3) is 11.1 Å². The van der Waals surface area contributed by atoms with Crippen molar-refractivity contribution in [1.82, 2.24) is 15.1 Å². The summed E-state index contributed by atoms with van der Waals surface area (Å²) >= 11 is 0. The first-order valence-electron chi connectivity index (χ1n) is 7.59. The van der Waals surface area contributed by atoms with E-state index in [0.29, 0.717) is 6.54 Å². The largest absolute Gasteiger partial charge is 0.336 e. The van der Waals surface area contributed by atoms with E-state index in [-0.39, 0.29) is 17.2 Å². The molecule has 0 bridgehead atoms. The third-order valence-corrected chi connectivity index (χ3v) is 3.73. The predicted octanol–water partition coefficient (Wildman–Crippen LogP) is 2.71. The zero-order valence-corrected chi connectivity index (χ0v) is 13.3. The number of hydrogen-bond donors (Lipinski definition) is 1. The summed E-state index contributed by atoms with van der Waals surface area (Å²) in [7, 11) is 1.71. The number of amides is 1. The van der Waals surface area contributed by atoms with Crippen molar-refractivity contribution in [2.45, 2.75) is 6.54 Å². The van der Waals surface area contributed by atoms with Crippen molar-refractivity contribution in [2.75, 3.05) is 7.05 Å². The van der Waals surface area contributed by atoms with Crippen molar-refractivity contribution in [2.24, 2.45) is 0 Å². The fourth-order valence-corrected chi connectivity index (χ4v) is 2.44. The first-order valence-corrected chi connectivity index (χ1v) is 7.59. The first-order chi connectivity index (χ1) is 11.6. The van der Waals surface area contributed by atoms with Gasteiger partial charge in [-0.25, -0.2) is 5.10 Å². The average molecular weight is 319 g/mol. The molecule has 0 saturated heterocycles. The highest BCUT2D eigenvalue weighted by molar-refractivity contribution is 5.91. The predicted molar refractivity (Wildman–Crippen MR) is 92.5 cm³/mol. The maximum absolute atomic E-state index is 12.3. The van der Waals surface area contributed by atoms with Crippen LogP contribution in [0.15, 0.2) is 71.5 Å². The molecular weight excluding hydrogens is 302 g/mol. The number of H-pyrrole nitrogens is 1. The van der Waals surface area contributed by atoms with Gasteiger partial charge in [0.25, 0.3) is 11.5 Å². The molecule has 0 spiro atoms. The molecule has 1 heterocycles. The Morgan fingerprint density at radius 1 is 0.958 bits per heavy atom. The van der Waals surface area contributed by atoms with Gasteiger partial charge in [0, 0.05) is 19.7 Å². The van der Waals surface area contributed by atoms with Gasteiger partial charge >= 0.3 is 0 Å². The quantitative estimate of drug-likeness (QED) is 0.804. The minimum Gasteiger partial charge on any atom is -0.336 e. The van der Waals surface area contributed by atoms with Crippen LogP contribution in [0.5, 0.6) is 0 Å². The van der Waals surface area contributed by atoms with Gasteiger partial charge in [-0.1, -0.05) is 54.6 Å². The lowest BCUT2D eigenvalue weighted by Crippen LogP contribution is -2.28. The Hall–Kier alpha value is -3.21. The summed E-state index contributed by atoms with van der Waals surface area (Å²) in [5.41, 5.74) is 3.21. The number of carbonyl (C=O) groups is 1. The monoisotopic (exact) mass is 319 g/mol. The minimum atomic E-state index is -0.328. The van der Waals surface area contributed by atoms with Crippen LogP contribution in [0.2, 0.25) is 0 Å². The van der Waals surface area contributed by atoms with Gasteiger partial charge in [-0.15, -0.1) is 0 Å². The van der Waals surface area contributed by atoms with Gasteiger partial charge in [-0.3, -0.25) is 9.59 Å². The third kappa shape index (κ3) is 3.57.